The topological polar surface area (TPSA) is 72.5 Å². The number of carboxylic acid groups (broad SMARTS) is 1. The smallest absolute Gasteiger partial charge is 0.337 e. The van der Waals surface area contributed by atoms with E-state index in [1.807, 2.05) is 31.2 Å². The van der Waals surface area contributed by atoms with Gasteiger partial charge in [-0.25, -0.2) is 4.79 Å². The molecule has 0 fully saturated rings. The van der Waals surface area contributed by atoms with Crippen LogP contribution in [0.1, 0.15) is 17.3 Å². The van der Waals surface area contributed by atoms with Crippen molar-refractivity contribution in [1.29, 1.82) is 0 Å². The molecule has 0 unspecified atom stereocenters. The van der Waals surface area contributed by atoms with Gasteiger partial charge in [0.15, 0.2) is 0 Å². The van der Waals surface area contributed by atoms with Gasteiger partial charge in [-0.1, -0.05) is 18.2 Å². The molecule has 0 saturated carbocycles. The number of benzene rings is 2. The van der Waals surface area contributed by atoms with Gasteiger partial charge < -0.3 is 15.6 Å². The largest absolute Gasteiger partial charge is 0.494 e. The van der Waals surface area contributed by atoms with E-state index in [9.17, 15) is 4.79 Å². The fraction of sp³-hybridized carbons (Fsp3) is 0.133. The van der Waals surface area contributed by atoms with Crippen LogP contribution in [0.3, 0.4) is 0 Å². The highest BCUT2D eigenvalue weighted by Crippen LogP contribution is 2.27. The van der Waals surface area contributed by atoms with Gasteiger partial charge in [-0.05, 0) is 42.3 Å². The summed E-state index contributed by atoms with van der Waals surface area (Å²) in [6, 6.07) is 12.5. The van der Waals surface area contributed by atoms with Crippen LogP contribution in [0, 0.1) is 0 Å². The molecule has 0 radical (unpaired) electrons. The SMILES string of the molecule is CCOc1cccc(-c2ccc(C(=O)O)c(N)c2)c1. The molecule has 0 aliphatic heterocycles. The minimum Gasteiger partial charge on any atom is -0.494 e. The van der Waals surface area contributed by atoms with Crippen molar-refractivity contribution < 1.29 is 14.6 Å². The standard InChI is InChI=1S/C15H15NO3/c1-2-19-12-5-3-4-10(8-12)11-6-7-13(15(17)18)14(16)9-11/h3-9H,2,16H2,1H3,(H,17,18). The summed E-state index contributed by atoms with van der Waals surface area (Å²) in [6.07, 6.45) is 0. The third kappa shape index (κ3) is 2.85. The van der Waals surface area contributed by atoms with Crippen LogP contribution in [0.25, 0.3) is 11.1 Å². The van der Waals surface area contributed by atoms with Crippen molar-refractivity contribution in [2.75, 3.05) is 12.3 Å². The number of aromatic carboxylic acids is 1. The van der Waals surface area contributed by atoms with Gasteiger partial charge in [0.1, 0.15) is 5.75 Å². The Hall–Kier alpha value is -2.49. The normalized spacial score (nSPS) is 10.2. The van der Waals surface area contributed by atoms with E-state index in [1.165, 1.54) is 6.07 Å². The number of nitrogen functional groups attached to an aromatic ring is 1. The number of anilines is 1. The Morgan fingerprint density at radius 1 is 1.21 bits per heavy atom. The van der Waals surface area contributed by atoms with Crippen LogP contribution >= 0.6 is 0 Å². The Balaban J connectivity index is 2.39. The van der Waals surface area contributed by atoms with Gasteiger partial charge in [0, 0.05) is 5.69 Å². The monoisotopic (exact) mass is 257 g/mol. The number of hydrogen-bond acceptors (Lipinski definition) is 3. The molecule has 19 heavy (non-hydrogen) atoms. The molecule has 0 bridgehead atoms. The lowest BCUT2D eigenvalue weighted by Crippen LogP contribution is -2.02. The Kier molecular flexibility index (Phi) is 3.71. The van der Waals surface area contributed by atoms with E-state index in [4.69, 9.17) is 15.6 Å². The van der Waals surface area contributed by atoms with Gasteiger partial charge in [0.25, 0.3) is 0 Å². The third-order valence-corrected chi connectivity index (χ3v) is 2.76. The Labute approximate surface area is 111 Å². The maximum atomic E-state index is 10.9. The molecule has 98 valence electrons. The molecule has 4 nitrogen and oxygen atoms in total. The predicted octanol–water partition coefficient (Wildman–Crippen LogP) is 3.03. The molecule has 0 heterocycles. The summed E-state index contributed by atoms with van der Waals surface area (Å²) >= 11 is 0. The van der Waals surface area contributed by atoms with E-state index in [1.54, 1.807) is 12.1 Å². The fourth-order valence-electron chi connectivity index (χ4n) is 1.87. The second-order valence-corrected chi connectivity index (χ2v) is 4.07. The van der Waals surface area contributed by atoms with Crippen molar-refractivity contribution in [3.05, 3.63) is 48.0 Å². The summed E-state index contributed by atoms with van der Waals surface area (Å²) in [7, 11) is 0. The molecule has 3 N–H and O–H groups in total. The van der Waals surface area contributed by atoms with Crippen LogP contribution in [0.4, 0.5) is 5.69 Å². The van der Waals surface area contributed by atoms with Crippen LogP contribution in [0.2, 0.25) is 0 Å². The quantitative estimate of drug-likeness (QED) is 0.826. The van der Waals surface area contributed by atoms with E-state index < -0.39 is 5.97 Å². The van der Waals surface area contributed by atoms with Gasteiger partial charge in [0.05, 0.1) is 12.2 Å². The molecule has 0 aromatic heterocycles. The highest BCUT2D eigenvalue weighted by molar-refractivity contribution is 5.94. The van der Waals surface area contributed by atoms with Gasteiger partial charge >= 0.3 is 5.97 Å². The maximum Gasteiger partial charge on any atom is 0.337 e. The van der Waals surface area contributed by atoms with Gasteiger partial charge in [0.2, 0.25) is 0 Å². The van der Waals surface area contributed by atoms with E-state index >= 15 is 0 Å². The zero-order valence-corrected chi connectivity index (χ0v) is 10.6. The van der Waals surface area contributed by atoms with Crippen LogP contribution < -0.4 is 10.5 Å². The fourth-order valence-corrected chi connectivity index (χ4v) is 1.87. The lowest BCUT2D eigenvalue weighted by molar-refractivity contribution is 0.0698. The number of nitrogens with two attached hydrogens (primary N) is 1. The molecule has 0 aliphatic rings. The molecule has 0 saturated heterocycles. The average Bonchev–Trinajstić information content (AvgIpc) is 2.39. The second-order valence-electron chi connectivity index (χ2n) is 4.07. The molecule has 0 atom stereocenters. The zero-order valence-electron chi connectivity index (χ0n) is 10.6. The molecule has 0 spiro atoms. The van der Waals surface area contributed by atoms with Gasteiger partial charge in [-0.3, -0.25) is 0 Å². The highest BCUT2D eigenvalue weighted by Gasteiger charge is 2.09. The van der Waals surface area contributed by atoms with E-state index in [0.29, 0.717) is 6.61 Å². The van der Waals surface area contributed by atoms with Gasteiger partial charge in [-0.15, -0.1) is 0 Å². The Bertz CT molecular complexity index is 608. The number of ether oxygens (including phenoxy) is 1. The molecule has 0 amide bonds. The van der Waals surface area contributed by atoms with Crippen LogP contribution in [0.5, 0.6) is 5.75 Å². The number of carbonyl (C=O) groups is 1. The third-order valence-electron chi connectivity index (χ3n) is 2.76. The summed E-state index contributed by atoms with van der Waals surface area (Å²) < 4.78 is 5.43. The number of rotatable bonds is 4. The van der Waals surface area contributed by atoms with Crippen LogP contribution in [-0.2, 0) is 0 Å². The molecule has 2 rings (SSSR count). The molecule has 2 aromatic rings. The number of hydrogen-bond donors (Lipinski definition) is 2. The maximum absolute atomic E-state index is 10.9. The molecule has 2 aromatic carbocycles. The molecule has 4 heteroatoms. The predicted molar refractivity (Wildman–Crippen MR) is 74.4 cm³/mol. The molecular weight excluding hydrogens is 242 g/mol. The average molecular weight is 257 g/mol. The first-order valence-corrected chi connectivity index (χ1v) is 5.98. The summed E-state index contributed by atoms with van der Waals surface area (Å²) in [4.78, 5) is 10.9. The van der Waals surface area contributed by atoms with Crippen LogP contribution in [0.15, 0.2) is 42.5 Å². The first-order chi connectivity index (χ1) is 9.11. The van der Waals surface area contributed by atoms with Crippen molar-refractivity contribution in [1.82, 2.24) is 0 Å². The van der Waals surface area contributed by atoms with Crippen molar-refractivity contribution >= 4 is 11.7 Å². The molecule has 0 aliphatic carbocycles. The van der Waals surface area contributed by atoms with Crippen molar-refractivity contribution in [2.24, 2.45) is 0 Å². The van der Waals surface area contributed by atoms with Crippen molar-refractivity contribution in [3.8, 4) is 16.9 Å². The van der Waals surface area contributed by atoms with E-state index in [-0.39, 0.29) is 11.3 Å². The summed E-state index contributed by atoms with van der Waals surface area (Å²) in [5, 5.41) is 8.94. The lowest BCUT2D eigenvalue weighted by Gasteiger charge is -2.08. The molecular formula is C15H15NO3. The van der Waals surface area contributed by atoms with Crippen molar-refractivity contribution in [2.45, 2.75) is 6.92 Å². The highest BCUT2D eigenvalue weighted by atomic mass is 16.5. The van der Waals surface area contributed by atoms with Crippen LogP contribution in [-0.4, -0.2) is 17.7 Å². The lowest BCUT2D eigenvalue weighted by atomic mass is 10.0. The first kappa shape index (κ1) is 13.0. The Morgan fingerprint density at radius 2 is 1.95 bits per heavy atom. The second kappa shape index (κ2) is 5.44. The van der Waals surface area contributed by atoms with E-state index in [0.717, 1.165) is 16.9 Å². The number of carboxylic acids is 1. The minimum absolute atomic E-state index is 0.115. The Morgan fingerprint density at radius 3 is 2.58 bits per heavy atom. The van der Waals surface area contributed by atoms with Crippen molar-refractivity contribution in [3.63, 3.8) is 0 Å². The summed E-state index contributed by atoms with van der Waals surface area (Å²) in [5.74, 6) is -0.243. The summed E-state index contributed by atoms with van der Waals surface area (Å²) in [6.45, 7) is 2.52. The van der Waals surface area contributed by atoms with E-state index in [2.05, 4.69) is 0 Å². The van der Waals surface area contributed by atoms with Gasteiger partial charge in [-0.2, -0.15) is 0 Å². The zero-order chi connectivity index (χ0) is 13.8. The minimum atomic E-state index is -1.02. The first-order valence-electron chi connectivity index (χ1n) is 5.98. The summed E-state index contributed by atoms with van der Waals surface area (Å²) in [5.41, 5.74) is 7.92.